The van der Waals surface area contributed by atoms with Gasteiger partial charge >= 0.3 is 0 Å². The molecule has 0 aromatic rings. The highest BCUT2D eigenvalue weighted by molar-refractivity contribution is 4.95. The molecule has 0 saturated carbocycles. The highest BCUT2D eigenvalue weighted by atomic mass is 16.5. The van der Waals surface area contributed by atoms with Gasteiger partial charge in [-0.15, -0.1) is 0 Å². The number of ether oxygens (including phenoxy) is 1. The summed E-state index contributed by atoms with van der Waals surface area (Å²) in [7, 11) is 1.80. The molecule has 0 aromatic carbocycles. The second kappa shape index (κ2) is 7.05. The van der Waals surface area contributed by atoms with E-state index in [1.807, 2.05) is 0 Å². The van der Waals surface area contributed by atoms with Gasteiger partial charge in [0, 0.05) is 38.3 Å². The van der Waals surface area contributed by atoms with Crippen LogP contribution in [0.25, 0.3) is 0 Å². The first-order valence-electron chi connectivity index (χ1n) is 7.79. The van der Waals surface area contributed by atoms with Crippen LogP contribution in [0.4, 0.5) is 0 Å². The fourth-order valence-corrected chi connectivity index (χ4v) is 3.09. The zero-order chi connectivity index (χ0) is 14.6. The van der Waals surface area contributed by atoms with Crippen molar-refractivity contribution in [3.8, 4) is 0 Å². The van der Waals surface area contributed by atoms with Gasteiger partial charge < -0.3 is 10.1 Å². The maximum atomic E-state index is 5.38. The van der Waals surface area contributed by atoms with Gasteiger partial charge in [-0.3, -0.25) is 4.90 Å². The Labute approximate surface area is 120 Å². The highest BCUT2D eigenvalue weighted by Crippen LogP contribution is 2.29. The predicted molar refractivity (Wildman–Crippen MR) is 82.5 cm³/mol. The molecule has 1 aliphatic heterocycles. The molecular weight excluding hydrogens is 236 g/mol. The predicted octanol–water partition coefficient (Wildman–Crippen LogP) is 2.76. The molecule has 4 unspecified atom stereocenters. The first-order chi connectivity index (χ1) is 8.81. The van der Waals surface area contributed by atoms with Crippen molar-refractivity contribution in [1.29, 1.82) is 0 Å². The fourth-order valence-electron chi connectivity index (χ4n) is 3.09. The number of nitrogens with one attached hydrogen (secondary N) is 1. The smallest absolute Gasteiger partial charge is 0.0615 e. The molecule has 1 aliphatic rings. The normalized spacial score (nSPS) is 29.2. The number of hydrogen-bond acceptors (Lipinski definition) is 3. The third-order valence-electron chi connectivity index (χ3n) is 4.69. The molecule has 0 aliphatic carbocycles. The second-order valence-electron chi connectivity index (χ2n) is 7.28. The van der Waals surface area contributed by atoms with Crippen LogP contribution in [0.5, 0.6) is 0 Å². The molecule has 1 saturated heterocycles. The van der Waals surface area contributed by atoms with Crippen molar-refractivity contribution in [2.45, 2.75) is 66.1 Å². The van der Waals surface area contributed by atoms with Crippen molar-refractivity contribution in [2.75, 3.05) is 26.8 Å². The Kier molecular flexibility index (Phi) is 6.28. The number of rotatable bonds is 5. The molecule has 1 rings (SSSR count). The van der Waals surface area contributed by atoms with E-state index in [9.17, 15) is 0 Å². The van der Waals surface area contributed by atoms with Crippen LogP contribution in [0.2, 0.25) is 0 Å². The summed E-state index contributed by atoms with van der Waals surface area (Å²) in [6.07, 6.45) is 1.24. The molecule has 0 radical (unpaired) electrons. The molecule has 19 heavy (non-hydrogen) atoms. The van der Waals surface area contributed by atoms with E-state index in [2.05, 4.69) is 51.8 Å². The monoisotopic (exact) mass is 270 g/mol. The largest absolute Gasteiger partial charge is 0.383 e. The third kappa shape index (κ3) is 4.44. The highest BCUT2D eigenvalue weighted by Gasteiger charge is 2.38. The Morgan fingerprint density at radius 1 is 1.32 bits per heavy atom. The van der Waals surface area contributed by atoms with Crippen molar-refractivity contribution in [1.82, 2.24) is 10.2 Å². The summed E-state index contributed by atoms with van der Waals surface area (Å²) in [6.45, 7) is 17.0. The second-order valence-corrected chi connectivity index (χ2v) is 7.28. The zero-order valence-corrected chi connectivity index (χ0v) is 14.0. The van der Waals surface area contributed by atoms with Gasteiger partial charge in [0.15, 0.2) is 0 Å². The summed E-state index contributed by atoms with van der Waals surface area (Å²) in [5, 5.41) is 3.77. The molecule has 4 atom stereocenters. The van der Waals surface area contributed by atoms with Crippen LogP contribution >= 0.6 is 0 Å². The van der Waals surface area contributed by atoms with E-state index >= 15 is 0 Å². The zero-order valence-electron chi connectivity index (χ0n) is 14.0. The minimum atomic E-state index is 0.301. The van der Waals surface area contributed by atoms with E-state index in [1.54, 1.807) is 7.11 Å². The third-order valence-corrected chi connectivity index (χ3v) is 4.69. The molecule has 0 bridgehead atoms. The summed E-state index contributed by atoms with van der Waals surface area (Å²) in [5.74, 6) is 0.734. The van der Waals surface area contributed by atoms with Gasteiger partial charge in [0.05, 0.1) is 6.61 Å². The lowest BCUT2D eigenvalue weighted by molar-refractivity contribution is -0.00860. The summed E-state index contributed by atoms with van der Waals surface area (Å²) in [6, 6.07) is 1.68. The van der Waals surface area contributed by atoms with Crippen molar-refractivity contribution in [2.24, 2.45) is 11.3 Å². The Morgan fingerprint density at radius 2 is 1.95 bits per heavy atom. The lowest BCUT2D eigenvalue weighted by Crippen LogP contribution is -2.64. The number of piperazine rings is 1. The van der Waals surface area contributed by atoms with E-state index in [1.165, 1.54) is 6.42 Å². The van der Waals surface area contributed by atoms with Gasteiger partial charge in [-0.25, -0.2) is 0 Å². The topological polar surface area (TPSA) is 24.5 Å². The van der Waals surface area contributed by atoms with E-state index in [4.69, 9.17) is 4.74 Å². The number of nitrogens with zero attached hydrogens (tertiary/aromatic N) is 1. The summed E-state index contributed by atoms with van der Waals surface area (Å²) in [4.78, 5) is 2.66. The molecule has 0 amide bonds. The quantitative estimate of drug-likeness (QED) is 0.831. The maximum absolute atomic E-state index is 5.38. The lowest BCUT2D eigenvalue weighted by Gasteiger charge is -2.50. The first-order valence-corrected chi connectivity index (χ1v) is 7.79. The van der Waals surface area contributed by atoms with E-state index in [0.29, 0.717) is 23.5 Å². The molecule has 0 spiro atoms. The van der Waals surface area contributed by atoms with Gasteiger partial charge in [-0.2, -0.15) is 0 Å². The average Bonchev–Trinajstić information content (AvgIpc) is 2.36. The van der Waals surface area contributed by atoms with Crippen molar-refractivity contribution >= 4 is 0 Å². The summed E-state index contributed by atoms with van der Waals surface area (Å²) in [5.41, 5.74) is 0.301. The maximum Gasteiger partial charge on any atom is 0.0615 e. The Bertz CT molecular complexity index is 262. The minimum Gasteiger partial charge on any atom is -0.383 e. The average molecular weight is 270 g/mol. The number of hydrogen-bond donors (Lipinski definition) is 1. The van der Waals surface area contributed by atoms with Gasteiger partial charge in [0.1, 0.15) is 0 Å². The Morgan fingerprint density at radius 3 is 2.42 bits per heavy atom. The van der Waals surface area contributed by atoms with Gasteiger partial charge in [-0.05, 0) is 18.3 Å². The number of methoxy groups -OCH3 is 1. The van der Waals surface area contributed by atoms with Crippen molar-refractivity contribution in [3.63, 3.8) is 0 Å². The molecule has 3 nitrogen and oxygen atoms in total. The Balaban J connectivity index is 2.80. The summed E-state index contributed by atoms with van der Waals surface area (Å²) < 4.78 is 5.38. The molecule has 114 valence electrons. The van der Waals surface area contributed by atoms with Crippen molar-refractivity contribution in [3.05, 3.63) is 0 Å². The van der Waals surface area contributed by atoms with Crippen molar-refractivity contribution < 1.29 is 4.74 Å². The van der Waals surface area contributed by atoms with Gasteiger partial charge in [0.2, 0.25) is 0 Å². The molecule has 1 fully saturated rings. The minimum absolute atomic E-state index is 0.301. The van der Waals surface area contributed by atoms with Crippen LogP contribution in [0.1, 0.15) is 48.0 Å². The molecule has 0 aromatic heterocycles. The van der Waals surface area contributed by atoms with Gasteiger partial charge in [-0.1, -0.05) is 41.0 Å². The standard InChI is InChI=1S/C16H34N2O/c1-8-12(2)14-10-18(13(3)11-19-7)15(9-17-14)16(4,5)6/h12-15,17H,8-11H2,1-7H3. The van der Waals surface area contributed by atoms with E-state index in [-0.39, 0.29) is 0 Å². The lowest BCUT2D eigenvalue weighted by atomic mass is 9.82. The van der Waals surface area contributed by atoms with Crippen LogP contribution < -0.4 is 5.32 Å². The van der Waals surface area contributed by atoms with E-state index < -0.39 is 0 Å². The summed E-state index contributed by atoms with van der Waals surface area (Å²) >= 11 is 0. The van der Waals surface area contributed by atoms with Gasteiger partial charge in [0.25, 0.3) is 0 Å². The molecule has 1 heterocycles. The Hall–Kier alpha value is -0.120. The van der Waals surface area contributed by atoms with Crippen LogP contribution in [0.15, 0.2) is 0 Å². The molecule has 3 heteroatoms. The van der Waals surface area contributed by atoms with Crippen LogP contribution in [0.3, 0.4) is 0 Å². The van der Waals surface area contributed by atoms with Crippen LogP contribution in [-0.4, -0.2) is 49.8 Å². The van der Waals surface area contributed by atoms with Crippen LogP contribution in [0, 0.1) is 11.3 Å². The fraction of sp³-hybridized carbons (Fsp3) is 1.00. The molecular formula is C16H34N2O. The first kappa shape index (κ1) is 16.9. The molecule has 1 N–H and O–H groups in total. The van der Waals surface area contributed by atoms with E-state index in [0.717, 1.165) is 25.6 Å². The SMILES string of the molecule is CCC(C)C1CN(C(C)COC)C(C(C)(C)C)CN1. The van der Waals surface area contributed by atoms with Crippen LogP contribution in [-0.2, 0) is 4.74 Å².